The van der Waals surface area contributed by atoms with Gasteiger partial charge in [0.1, 0.15) is 5.82 Å². The van der Waals surface area contributed by atoms with Crippen LogP contribution in [0.25, 0.3) is 0 Å². The van der Waals surface area contributed by atoms with Crippen molar-refractivity contribution >= 4 is 21.5 Å². The van der Waals surface area contributed by atoms with Crippen LogP contribution in [0.1, 0.15) is 5.56 Å². The van der Waals surface area contributed by atoms with Crippen LogP contribution in [-0.2, 0) is 10.0 Å². The minimum absolute atomic E-state index is 0.127. The Kier molecular flexibility index (Phi) is 3.48. The van der Waals surface area contributed by atoms with E-state index in [-0.39, 0.29) is 12.3 Å². The van der Waals surface area contributed by atoms with Crippen molar-refractivity contribution in [1.82, 2.24) is 4.98 Å². The number of hydrogen-bond donors (Lipinski definition) is 3. The number of nitrogens with one attached hydrogen (secondary N) is 1. The number of hydrogen-bond acceptors (Lipinski definition) is 5. The standard InChI is InChI=1S/C8H14N4O2S/c1-6-4-8(12-5-7(6)9)11-2-3-15(10,13)14/h4-5H,2-3,9H2,1H3,(H,11,12)(H2,10,13,14). The Morgan fingerprint density at radius 2 is 2.20 bits per heavy atom. The van der Waals surface area contributed by atoms with Gasteiger partial charge in [0.2, 0.25) is 10.0 Å². The highest BCUT2D eigenvalue weighted by atomic mass is 32.2. The molecule has 0 amide bonds. The molecular formula is C8H14N4O2S. The first kappa shape index (κ1) is 11.7. The van der Waals surface area contributed by atoms with Crippen molar-refractivity contribution in [1.29, 1.82) is 0 Å². The van der Waals surface area contributed by atoms with Crippen LogP contribution in [-0.4, -0.2) is 25.7 Å². The fourth-order valence-electron chi connectivity index (χ4n) is 0.985. The summed E-state index contributed by atoms with van der Waals surface area (Å²) in [6.07, 6.45) is 1.52. The Morgan fingerprint density at radius 1 is 1.53 bits per heavy atom. The highest BCUT2D eigenvalue weighted by Gasteiger charge is 2.02. The molecule has 0 aromatic carbocycles. The molecule has 15 heavy (non-hydrogen) atoms. The van der Waals surface area contributed by atoms with Crippen LogP contribution in [0.2, 0.25) is 0 Å². The van der Waals surface area contributed by atoms with E-state index in [1.54, 1.807) is 6.07 Å². The summed E-state index contributed by atoms with van der Waals surface area (Å²) in [4.78, 5) is 3.99. The topological polar surface area (TPSA) is 111 Å². The maximum absolute atomic E-state index is 10.6. The Bertz CT molecular complexity index is 444. The van der Waals surface area contributed by atoms with E-state index < -0.39 is 10.0 Å². The third kappa shape index (κ3) is 4.13. The summed E-state index contributed by atoms with van der Waals surface area (Å²) in [5, 5.41) is 7.69. The summed E-state index contributed by atoms with van der Waals surface area (Å²) in [6, 6.07) is 1.75. The summed E-state index contributed by atoms with van der Waals surface area (Å²) in [7, 11) is -3.43. The van der Waals surface area contributed by atoms with Crippen molar-refractivity contribution in [3.8, 4) is 0 Å². The van der Waals surface area contributed by atoms with Crippen LogP contribution in [0.5, 0.6) is 0 Å². The Labute approximate surface area is 88.7 Å². The van der Waals surface area contributed by atoms with Gasteiger partial charge >= 0.3 is 0 Å². The van der Waals surface area contributed by atoms with Gasteiger partial charge in [-0.05, 0) is 18.6 Å². The fraction of sp³-hybridized carbons (Fsp3) is 0.375. The quantitative estimate of drug-likeness (QED) is 0.656. The van der Waals surface area contributed by atoms with Gasteiger partial charge in [-0.25, -0.2) is 18.5 Å². The zero-order valence-electron chi connectivity index (χ0n) is 8.40. The highest BCUT2D eigenvalue weighted by Crippen LogP contribution is 2.12. The number of aromatic nitrogens is 1. The van der Waals surface area contributed by atoms with Gasteiger partial charge in [-0.3, -0.25) is 0 Å². The van der Waals surface area contributed by atoms with Crippen molar-refractivity contribution in [2.75, 3.05) is 23.3 Å². The first-order chi connectivity index (χ1) is 6.88. The van der Waals surface area contributed by atoms with E-state index in [1.807, 2.05) is 6.92 Å². The number of primary sulfonamides is 1. The summed E-state index contributed by atoms with van der Waals surface area (Å²) in [5.74, 6) is 0.461. The van der Waals surface area contributed by atoms with Gasteiger partial charge in [-0.15, -0.1) is 0 Å². The third-order valence-electron chi connectivity index (χ3n) is 1.84. The molecule has 0 aliphatic rings. The molecular weight excluding hydrogens is 216 g/mol. The van der Waals surface area contributed by atoms with E-state index in [0.717, 1.165) is 5.56 Å². The molecule has 0 saturated carbocycles. The van der Waals surface area contributed by atoms with E-state index in [9.17, 15) is 8.42 Å². The van der Waals surface area contributed by atoms with E-state index >= 15 is 0 Å². The summed E-state index contributed by atoms with van der Waals surface area (Å²) < 4.78 is 21.3. The molecule has 0 bridgehead atoms. The van der Waals surface area contributed by atoms with Crippen LogP contribution >= 0.6 is 0 Å². The normalized spacial score (nSPS) is 11.3. The molecule has 7 heteroatoms. The summed E-state index contributed by atoms with van der Waals surface area (Å²) >= 11 is 0. The van der Waals surface area contributed by atoms with Crippen LogP contribution in [0, 0.1) is 6.92 Å². The SMILES string of the molecule is Cc1cc(NCCS(N)(=O)=O)ncc1N. The number of rotatable bonds is 4. The molecule has 0 saturated heterocycles. The van der Waals surface area contributed by atoms with Crippen molar-refractivity contribution in [3.63, 3.8) is 0 Å². The van der Waals surface area contributed by atoms with Gasteiger partial charge in [-0.2, -0.15) is 0 Å². The Morgan fingerprint density at radius 3 is 2.73 bits per heavy atom. The molecule has 1 aromatic heterocycles. The number of nitrogens with zero attached hydrogens (tertiary/aromatic N) is 1. The summed E-state index contributed by atoms with van der Waals surface area (Å²) in [5.41, 5.74) is 7.08. The van der Waals surface area contributed by atoms with Crippen molar-refractivity contribution in [3.05, 3.63) is 17.8 Å². The van der Waals surface area contributed by atoms with Crippen LogP contribution in [0.4, 0.5) is 11.5 Å². The average Bonchev–Trinajstić information content (AvgIpc) is 2.09. The second-order valence-electron chi connectivity index (χ2n) is 3.22. The zero-order valence-corrected chi connectivity index (χ0v) is 9.21. The number of nitrogens with two attached hydrogens (primary N) is 2. The Hall–Kier alpha value is -1.34. The van der Waals surface area contributed by atoms with Gasteiger partial charge < -0.3 is 11.1 Å². The number of anilines is 2. The predicted molar refractivity (Wildman–Crippen MR) is 59.9 cm³/mol. The first-order valence-electron chi connectivity index (χ1n) is 4.35. The molecule has 6 nitrogen and oxygen atoms in total. The highest BCUT2D eigenvalue weighted by molar-refractivity contribution is 7.89. The molecule has 0 fully saturated rings. The Balaban J connectivity index is 2.55. The lowest BCUT2D eigenvalue weighted by atomic mass is 10.2. The molecule has 1 rings (SSSR count). The monoisotopic (exact) mass is 230 g/mol. The van der Waals surface area contributed by atoms with Crippen LogP contribution < -0.4 is 16.2 Å². The minimum Gasteiger partial charge on any atom is -0.397 e. The van der Waals surface area contributed by atoms with Gasteiger partial charge in [0.05, 0.1) is 17.6 Å². The van der Waals surface area contributed by atoms with Gasteiger partial charge in [0.15, 0.2) is 0 Å². The van der Waals surface area contributed by atoms with Gasteiger partial charge in [-0.1, -0.05) is 0 Å². The molecule has 1 aromatic rings. The molecule has 84 valence electrons. The molecule has 0 spiro atoms. The van der Waals surface area contributed by atoms with Crippen molar-refractivity contribution < 1.29 is 8.42 Å². The molecule has 0 aliphatic carbocycles. The van der Waals surface area contributed by atoms with E-state index in [0.29, 0.717) is 11.5 Å². The molecule has 1 heterocycles. The predicted octanol–water partition coefficient (Wildman–Crippen LogP) is -0.327. The van der Waals surface area contributed by atoms with E-state index in [4.69, 9.17) is 10.9 Å². The average molecular weight is 230 g/mol. The van der Waals surface area contributed by atoms with E-state index in [2.05, 4.69) is 10.3 Å². The maximum atomic E-state index is 10.6. The molecule has 0 unspecified atom stereocenters. The number of pyridine rings is 1. The molecule has 0 radical (unpaired) electrons. The molecule has 0 atom stereocenters. The van der Waals surface area contributed by atoms with Gasteiger partial charge in [0, 0.05) is 6.54 Å². The van der Waals surface area contributed by atoms with Crippen molar-refractivity contribution in [2.45, 2.75) is 6.92 Å². The van der Waals surface area contributed by atoms with Crippen LogP contribution in [0.3, 0.4) is 0 Å². The lowest BCUT2D eigenvalue weighted by Crippen LogP contribution is -2.22. The lowest BCUT2D eigenvalue weighted by Gasteiger charge is -2.06. The maximum Gasteiger partial charge on any atom is 0.210 e. The largest absolute Gasteiger partial charge is 0.397 e. The minimum atomic E-state index is -3.43. The second kappa shape index (κ2) is 4.45. The van der Waals surface area contributed by atoms with Crippen molar-refractivity contribution in [2.24, 2.45) is 5.14 Å². The molecule has 0 aliphatic heterocycles. The molecule has 5 N–H and O–H groups in total. The first-order valence-corrected chi connectivity index (χ1v) is 6.06. The third-order valence-corrected chi connectivity index (χ3v) is 2.62. The fourth-order valence-corrected chi connectivity index (χ4v) is 1.37. The number of nitrogen functional groups attached to an aromatic ring is 1. The zero-order chi connectivity index (χ0) is 11.5. The number of aryl methyl sites for hydroxylation is 1. The smallest absolute Gasteiger partial charge is 0.210 e. The van der Waals surface area contributed by atoms with E-state index in [1.165, 1.54) is 6.20 Å². The second-order valence-corrected chi connectivity index (χ2v) is 4.95. The van der Waals surface area contributed by atoms with Gasteiger partial charge in [0.25, 0.3) is 0 Å². The van der Waals surface area contributed by atoms with Crippen LogP contribution in [0.15, 0.2) is 12.3 Å². The number of sulfonamides is 1. The summed E-state index contributed by atoms with van der Waals surface area (Å²) in [6.45, 7) is 2.08. The lowest BCUT2D eigenvalue weighted by molar-refractivity contribution is 0.598.